The highest BCUT2D eigenvalue weighted by Crippen LogP contribution is 2.19. The minimum atomic E-state index is -0.245. The van der Waals surface area contributed by atoms with Gasteiger partial charge in [-0.05, 0) is 31.5 Å². The lowest BCUT2D eigenvalue weighted by atomic mass is 10.2. The number of aliphatic hydroxyl groups excluding tert-OH is 1. The van der Waals surface area contributed by atoms with Gasteiger partial charge in [-0.2, -0.15) is 0 Å². The molecule has 0 aliphatic carbocycles. The number of amides is 1. The Morgan fingerprint density at radius 3 is 2.44 bits per heavy atom. The molecule has 88 valence electrons. The summed E-state index contributed by atoms with van der Waals surface area (Å²) >= 11 is 11.6. The topological polar surface area (TPSA) is 49.3 Å². The molecule has 3 nitrogen and oxygen atoms in total. The summed E-state index contributed by atoms with van der Waals surface area (Å²) in [6.07, 6.45) is 0.514. The Hall–Kier alpha value is -0.770. The van der Waals surface area contributed by atoms with Gasteiger partial charge >= 0.3 is 0 Å². The predicted octanol–water partition coefficient (Wildman–Crippen LogP) is 2.49. The first-order valence-corrected chi connectivity index (χ1v) is 5.66. The molecule has 0 heterocycles. The molecule has 0 saturated carbocycles. The number of carbonyl (C=O) groups is 1. The van der Waals surface area contributed by atoms with Crippen LogP contribution in [0.25, 0.3) is 0 Å². The lowest BCUT2D eigenvalue weighted by Gasteiger charge is -2.12. The maximum Gasteiger partial charge on any atom is 0.251 e. The van der Waals surface area contributed by atoms with Crippen molar-refractivity contribution in [1.82, 2.24) is 5.32 Å². The van der Waals surface area contributed by atoms with E-state index < -0.39 is 0 Å². The van der Waals surface area contributed by atoms with Gasteiger partial charge in [0.05, 0.1) is 0 Å². The molecule has 0 aliphatic rings. The molecule has 5 heteroatoms. The van der Waals surface area contributed by atoms with Gasteiger partial charge in [-0.25, -0.2) is 0 Å². The summed E-state index contributed by atoms with van der Waals surface area (Å²) < 4.78 is 0. The number of rotatable bonds is 4. The van der Waals surface area contributed by atoms with Crippen molar-refractivity contribution in [3.63, 3.8) is 0 Å². The summed E-state index contributed by atoms with van der Waals surface area (Å²) in [5.74, 6) is -0.245. The number of carbonyl (C=O) groups excluding carboxylic acids is 1. The van der Waals surface area contributed by atoms with Crippen molar-refractivity contribution in [1.29, 1.82) is 0 Å². The fourth-order valence-electron chi connectivity index (χ4n) is 1.26. The van der Waals surface area contributed by atoms with E-state index in [4.69, 9.17) is 28.3 Å². The Balaban J connectivity index is 2.72. The average Bonchev–Trinajstić information content (AvgIpc) is 2.16. The first-order valence-electron chi connectivity index (χ1n) is 4.90. The highest BCUT2D eigenvalue weighted by Gasteiger charge is 2.10. The molecule has 1 unspecified atom stereocenters. The molecule has 1 atom stereocenters. The molecule has 2 N–H and O–H groups in total. The van der Waals surface area contributed by atoms with Gasteiger partial charge in [-0.3, -0.25) is 4.79 Å². The van der Waals surface area contributed by atoms with E-state index in [-0.39, 0.29) is 18.6 Å². The van der Waals surface area contributed by atoms with Gasteiger partial charge in [0.2, 0.25) is 0 Å². The van der Waals surface area contributed by atoms with Crippen LogP contribution in [0.5, 0.6) is 0 Å². The maximum atomic E-state index is 11.7. The number of halogens is 2. The SMILES string of the molecule is CC(CCO)NC(=O)c1cc(Cl)cc(Cl)c1. The number of aliphatic hydroxyl groups is 1. The van der Waals surface area contributed by atoms with Crippen LogP contribution in [0.3, 0.4) is 0 Å². The molecule has 1 aromatic rings. The van der Waals surface area contributed by atoms with E-state index in [2.05, 4.69) is 5.32 Å². The molecule has 0 aromatic heterocycles. The fourth-order valence-corrected chi connectivity index (χ4v) is 1.78. The molecule has 16 heavy (non-hydrogen) atoms. The van der Waals surface area contributed by atoms with Crippen molar-refractivity contribution in [3.05, 3.63) is 33.8 Å². The Bertz CT molecular complexity index is 362. The molecule has 0 spiro atoms. The predicted molar refractivity (Wildman–Crippen MR) is 65.1 cm³/mol. The second kappa shape index (κ2) is 6.09. The second-order valence-electron chi connectivity index (χ2n) is 3.54. The number of hydrogen-bond acceptors (Lipinski definition) is 2. The van der Waals surface area contributed by atoms with Crippen LogP contribution < -0.4 is 5.32 Å². The van der Waals surface area contributed by atoms with E-state index in [0.717, 1.165) is 0 Å². The molecular formula is C11H13Cl2NO2. The quantitative estimate of drug-likeness (QED) is 0.875. The molecular weight excluding hydrogens is 249 g/mol. The molecule has 0 saturated heterocycles. The van der Waals surface area contributed by atoms with Crippen molar-refractivity contribution >= 4 is 29.1 Å². The lowest BCUT2D eigenvalue weighted by molar-refractivity contribution is 0.0934. The van der Waals surface area contributed by atoms with Gasteiger partial charge in [-0.1, -0.05) is 23.2 Å². The zero-order valence-corrected chi connectivity index (χ0v) is 10.3. The molecule has 0 aliphatic heterocycles. The van der Waals surface area contributed by atoms with Crippen LogP contribution in [0.2, 0.25) is 10.0 Å². The number of nitrogens with one attached hydrogen (secondary N) is 1. The van der Waals surface area contributed by atoms with E-state index in [0.29, 0.717) is 22.0 Å². The third kappa shape index (κ3) is 4.00. The molecule has 1 amide bonds. The van der Waals surface area contributed by atoms with Gasteiger partial charge in [0.25, 0.3) is 5.91 Å². The lowest BCUT2D eigenvalue weighted by Crippen LogP contribution is -2.33. The normalized spacial score (nSPS) is 12.2. The number of benzene rings is 1. The Morgan fingerprint density at radius 1 is 1.38 bits per heavy atom. The summed E-state index contributed by atoms with van der Waals surface area (Å²) in [7, 11) is 0. The van der Waals surface area contributed by atoms with Gasteiger partial charge in [-0.15, -0.1) is 0 Å². The maximum absolute atomic E-state index is 11.7. The second-order valence-corrected chi connectivity index (χ2v) is 4.42. The van der Waals surface area contributed by atoms with Crippen molar-refractivity contribution in [2.24, 2.45) is 0 Å². The molecule has 0 fully saturated rings. The van der Waals surface area contributed by atoms with Gasteiger partial charge in [0, 0.05) is 28.3 Å². The largest absolute Gasteiger partial charge is 0.396 e. The Kier molecular flexibility index (Phi) is 5.06. The van der Waals surface area contributed by atoms with Crippen molar-refractivity contribution in [3.8, 4) is 0 Å². The van der Waals surface area contributed by atoms with E-state index >= 15 is 0 Å². The summed E-state index contributed by atoms with van der Waals surface area (Å²) in [6, 6.07) is 4.58. The first-order chi connectivity index (χ1) is 7.52. The standard InChI is InChI=1S/C11H13Cl2NO2/c1-7(2-3-15)14-11(16)8-4-9(12)6-10(13)5-8/h4-7,15H,2-3H2,1H3,(H,14,16). The third-order valence-corrected chi connectivity index (χ3v) is 2.50. The minimum Gasteiger partial charge on any atom is -0.396 e. The Labute approximate surface area is 104 Å². The fraction of sp³-hybridized carbons (Fsp3) is 0.364. The Morgan fingerprint density at radius 2 is 1.94 bits per heavy atom. The monoisotopic (exact) mass is 261 g/mol. The van der Waals surface area contributed by atoms with E-state index in [1.807, 2.05) is 6.92 Å². The third-order valence-electron chi connectivity index (χ3n) is 2.06. The van der Waals surface area contributed by atoms with Gasteiger partial charge < -0.3 is 10.4 Å². The average molecular weight is 262 g/mol. The molecule has 1 aromatic carbocycles. The highest BCUT2D eigenvalue weighted by atomic mass is 35.5. The van der Waals surface area contributed by atoms with Crippen molar-refractivity contribution in [2.45, 2.75) is 19.4 Å². The molecule has 0 radical (unpaired) electrons. The summed E-state index contributed by atoms with van der Waals surface area (Å²) in [5, 5.41) is 12.3. The van der Waals surface area contributed by atoms with Crippen LogP contribution in [0, 0.1) is 0 Å². The van der Waals surface area contributed by atoms with E-state index in [1.165, 1.54) is 0 Å². The van der Waals surface area contributed by atoms with Gasteiger partial charge in [0.1, 0.15) is 0 Å². The summed E-state index contributed by atoms with van der Waals surface area (Å²) in [6.45, 7) is 1.86. The smallest absolute Gasteiger partial charge is 0.251 e. The highest BCUT2D eigenvalue weighted by molar-refractivity contribution is 6.35. The zero-order valence-electron chi connectivity index (χ0n) is 8.84. The summed E-state index contributed by atoms with van der Waals surface area (Å²) in [5.41, 5.74) is 0.419. The van der Waals surface area contributed by atoms with E-state index in [1.54, 1.807) is 18.2 Å². The van der Waals surface area contributed by atoms with Crippen molar-refractivity contribution in [2.75, 3.05) is 6.61 Å². The minimum absolute atomic E-state index is 0.0394. The van der Waals surface area contributed by atoms with Crippen LogP contribution >= 0.6 is 23.2 Å². The van der Waals surface area contributed by atoms with Crippen LogP contribution in [0.1, 0.15) is 23.7 Å². The summed E-state index contributed by atoms with van der Waals surface area (Å²) in [4.78, 5) is 11.7. The van der Waals surface area contributed by atoms with Crippen molar-refractivity contribution < 1.29 is 9.90 Å². The van der Waals surface area contributed by atoms with Crippen LogP contribution in [-0.4, -0.2) is 23.7 Å². The number of hydrogen-bond donors (Lipinski definition) is 2. The zero-order chi connectivity index (χ0) is 12.1. The molecule has 0 bridgehead atoms. The van der Waals surface area contributed by atoms with Crippen LogP contribution in [0.4, 0.5) is 0 Å². The van der Waals surface area contributed by atoms with Crippen LogP contribution in [0.15, 0.2) is 18.2 Å². The molecule has 1 rings (SSSR count). The van der Waals surface area contributed by atoms with Gasteiger partial charge in [0.15, 0.2) is 0 Å². The first kappa shape index (κ1) is 13.3. The van der Waals surface area contributed by atoms with E-state index in [9.17, 15) is 4.79 Å². The van der Waals surface area contributed by atoms with Crippen LogP contribution in [-0.2, 0) is 0 Å².